The number of carbonyl (C=O) groups excluding carboxylic acids is 4. The maximum Gasteiger partial charge on any atom is 0.318 e. The summed E-state index contributed by atoms with van der Waals surface area (Å²) in [5, 5.41) is 23.9. The summed E-state index contributed by atoms with van der Waals surface area (Å²) in [6.07, 6.45) is 7.34. The molecule has 2 amide bonds. The molecule has 0 spiro atoms. The minimum absolute atomic E-state index is 0.0697. The highest BCUT2D eigenvalue weighted by Gasteiger charge is 2.61. The van der Waals surface area contributed by atoms with Crippen LogP contribution in [0.1, 0.15) is 56.1 Å². The van der Waals surface area contributed by atoms with Crippen LogP contribution in [0.15, 0.2) is 130 Å². The number of benzene rings is 4. The minimum Gasteiger partial charge on any atom is -0.481 e. The Hall–Kier alpha value is -7.81. The lowest BCUT2D eigenvalue weighted by Crippen LogP contribution is -2.33. The largest absolute Gasteiger partial charge is 0.481 e. The molecule has 2 aliphatic heterocycles. The van der Waals surface area contributed by atoms with Gasteiger partial charge in [-0.05, 0) is 97.9 Å². The number of nitrogen functional groups attached to an aromatic ring is 1. The van der Waals surface area contributed by atoms with Crippen LogP contribution in [0.3, 0.4) is 0 Å². The molecular weight excluding hydrogens is 853 g/mol. The van der Waals surface area contributed by atoms with Crippen LogP contribution in [0.2, 0.25) is 0 Å². The third-order valence-electron chi connectivity index (χ3n) is 13.9. The van der Waals surface area contributed by atoms with Crippen LogP contribution >= 0.6 is 0 Å². The fraction of sp³-hybridized carbons (Fsp3) is 0.288. The van der Waals surface area contributed by atoms with Crippen molar-refractivity contribution in [2.75, 3.05) is 10.6 Å². The van der Waals surface area contributed by atoms with Gasteiger partial charge in [0, 0.05) is 36.2 Å². The van der Waals surface area contributed by atoms with Crippen molar-refractivity contribution in [3.05, 3.63) is 164 Å². The monoisotopic (exact) mass is 900 g/mol. The number of aromatic amines is 2. The molecule has 4 aromatic carbocycles. The molecule has 340 valence electrons. The zero-order valence-electron chi connectivity index (χ0n) is 37.0. The van der Waals surface area contributed by atoms with E-state index in [4.69, 9.17) is 15.6 Å². The number of amides is 2. The van der Waals surface area contributed by atoms with E-state index in [1.54, 1.807) is 12.1 Å². The molecule has 15 nitrogen and oxygen atoms in total. The molecule has 6 aromatic rings. The Kier molecular flexibility index (Phi) is 11.8. The molecule has 6 aliphatic rings. The fourth-order valence-electron chi connectivity index (χ4n) is 11.1. The Labute approximate surface area is 383 Å². The van der Waals surface area contributed by atoms with Crippen molar-refractivity contribution < 1.29 is 33.8 Å². The summed E-state index contributed by atoms with van der Waals surface area (Å²) in [5.74, 6) is -1.35. The minimum atomic E-state index is -0.833. The lowest BCUT2D eigenvalue weighted by Gasteiger charge is -2.19. The number of fused-ring (bicyclic) bond motifs is 12. The van der Waals surface area contributed by atoms with Crippen molar-refractivity contribution >= 4 is 62.6 Å². The number of hydrogen-bond donors (Lipinski definition) is 4. The van der Waals surface area contributed by atoms with Gasteiger partial charge in [-0.25, -0.2) is 10.2 Å². The lowest BCUT2D eigenvalue weighted by molar-refractivity contribution is -0.154. The Morgan fingerprint density at radius 1 is 0.642 bits per heavy atom. The zero-order chi connectivity index (χ0) is 47.3. The van der Waals surface area contributed by atoms with Gasteiger partial charge in [-0.2, -0.15) is 10.2 Å². The van der Waals surface area contributed by atoms with Crippen molar-refractivity contribution in [1.29, 1.82) is 0 Å². The number of esters is 2. The number of nitrogens with one attached hydrogen (secondary N) is 2. The molecule has 67 heavy (non-hydrogen) atoms. The molecule has 8 atom stereocenters. The van der Waals surface area contributed by atoms with Gasteiger partial charge in [0.25, 0.3) is 17.1 Å². The number of imide groups is 1. The number of carboxylic acid groups (broad SMARTS) is 1. The SMILES string of the molecule is CC(=O)O.CC1=CC2CC1C1C(=O)N(c3cccc(Cc4n[nH]c(=O)c5ccccc45)c3)C(=O)C21.CC1=CC2CC1C1C(=O)OC(=O)C21.Nc1cccc(Cc2n[nH]c(=O)c3ccccc23)c1. The molecule has 2 saturated carbocycles. The van der Waals surface area contributed by atoms with Gasteiger partial charge in [-0.1, -0.05) is 84.0 Å². The van der Waals surface area contributed by atoms with Gasteiger partial charge in [0.15, 0.2) is 0 Å². The first-order valence-corrected chi connectivity index (χ1v) is 22.2. The molecule has 2 aromatic heterocycles. The third-order valence-corrected chi connectivity index (χ3v) is 13.9. The van der Waals surface area contributed by atoms with Gasteiger partial charge in [0.2, 0.25) is 11.8 Å². The molecule has 8 unspecified atom stereocenters. The number of anilines is 2. The number of nitrogens with two attached hydrogens (primary N) is 1. The number of allylic oxidation sites excluding steroid dienone is 4. The first kappa shape index (κ1) is 44.4. The van der Waals surface area contributed by atoms with Crippen molar-refractivity contribution in [2.45, 2.75) is 46.5 Å². The van der Waals surface area contributed by atoms with E-state index in [9.17, 15) is 28.8 Å². The van der Waals surface area contributed by atoms with E-state index in [-0.39, 0.29) is 82.2 Å². The van der Waals surface area contributed by atoms with E-state index < -0.39 is 5.97 Å². The van der Waals surface area contributed by atoms with Gasteiger partial charge in [-0.15, -0.1) is 0 Å². The second-order valence-electron chi connectivity index (χ2n) is 18.1. The van der Waals surface area contributed by atoms with Gasteiger partial charge >= 0.3 is 11.9 Å². The molecule has 4 aliphatic carbocycles. The Bertz CT molecular complexity index is 3200. The van der Waals surface area contributed by atoms with E-state index >= 15 is 0 Å². The summed E-state index contributed by atoms with van der Waals surface area (Å²) < 4.78 is 4.65. The summed E-state index contributed by atoms with van der Waals surface area (Å²) in [6.45, 7) is 5.19. The normalized spacial score (nSPS) is 24.7. The zero-order valence-corrected chi connectivity index (χ0v) is 37.0. The first-order chi connectivity index (χ1) is 32.2. The topological polar surface area (TPSA) is 236 Å². The number of cyclic esters (lactones) is 2. The van der Waals surface area contributed by atoms with Crippen molar-refractivity contribution in [2.24, 2.45) is 47.3 Å². The van der Waals surface area contributed by atoms with Gasteiger partial charge in [0.05, 0.1) is 51.5 Å². The van der Waals surface area contributed by atoms with Crippen LogP contribution in [0.25, 0.3) is 21.5 Å². The Balaban J connectivity index is 0.000000132. The number of nitrogens with zero attached hydrogens (tertiary/aromatic N) is 3. The quantitative estimate of drug-likeness (QED) is 0.0491. The number of aliphatic carboxylic acids is 1. The maximum absolute atomic E-state index is 13.2. The summed E-state index contributed by atoms with van der Waals surface area (Å²) in [5.41, 5.74) is 12.9. The highest BCUT2D eigenvalue weighted by molar-refractivity contribution is 6.23. The number of carbonyl (C=O) groups is 5. The molecule has 4 heterocycles. The van der Waals surface area contributed by atoms with Crippen molar-refractivity contribution in [3.63, 3.8) is 0 Å². The predicted molar refractivity (Wildman–Crippen MR) is 249 cm³/mol. The molecule has 0 radical (unpaired) electrons. The molecular formula is C52H48N6O9. The van der Waals surface area contributed by atoms with Crippen LogP contribution in [-0.4, -0.2) is 55.2 Å². The molecule has 4 bridgehead atoms. The lowest BCUT2D eigenvalue weighted by atomic mass is 9.82. The van der Waals surface area contributed by atoms with Crippen molar-refractivity contribution in [3.8, 4) is 0 Å². The number of H-pyrrole nitrogens is 2. The number of ether oxygens (including phenoxy) is 1. The summed E-state index contributed by atoms with van der Waals surface area (Å²) in [6, 6.07) is 30.1. The fourth-order valence-corrected chi connectivity index (χ4v) is 11.1. The molecule has 15 heteroatoms. The molecule has 12 rings (SSSR count). The number of rotatable bonds is 5. The third kappa shape index (κ3) is 8.37. The van der Waals surface area contributed by atoms with E-state index in [1.807, 2.05) is 91.9 Å². The van der Waals surface area contributed by atoms with E-state index in [0.29, 0.717) is 29.3 Å². The van der Waals surface area contributed by atoms with Crippen LogP contribution in [0.4, 0.5) is 11.4 Å². The van der Waals surface area contributed by atoms with E-state index in [0.717, 1.165) is 58.7 Å². The summed E-state index contributed by atoms with van der Waals surface area (Å²) >= 11 is 0. The molecule has 2 saturated heterocycles. The number of aromatic nitrogens is 4. The summed E-state index contributed by atoms with van der Waals surface area (Å²) in [4.78, 5) is 83.2. The molecule has 4 fully saturated rings. The number of hydrogen-bond acceptors (Lipinski definition) is 11. The van der Waals surface area contributed by atoms with Crippen molar-refractivity contribution in [1.82, 2.24) is 20.4 Å². The van der Waals surface area contributed by atoms with Gasteiger partial charge < -0.3 is 15.6 Å². The average Bonchev–Trinajstić information content (AvgIpc) is 4.15. The van der Waals surface area contributed by atoms with E-state index in [1.165, 1.54) is 16.0 Å². The van der Waals surface area contributed by atoms with Crippen LogP contribution in [-0.2, 0) is 41.6 Å². The standard InChI is InChI=1S/C25H21N3O3.C15H13N3O.C10H10O3.C2H4O2/c1-13-9-15-12-19(13)22-21(15)24(30)28(25(22)31)16-6-4-5-14(10-16)11-20-17-7-2-3-8-18(17)23(29)27-26-20;16-11-5-3-4-10(8-11)9-14-12-6-1-2-7-13(12)15(19)18-17-14;1-4-2-5-3-6(4)8-7(5)9(11)13-10(8)12;1-2(3)4/h2-10,15,19,21-22H,11-12H2,1H3,(H,27,29);1-8H,9,16H2,(H,18,19);2,5-8H,3H2,1H3;1H3,(H,3,4). The van der Waals surface area contributed by atoms with Crippen LogP contribution < -0.4 is 21.8 Å². The Morgan fingerprint density at radius 3 is 1.66 bits per heavy atom. The maximum atomic E-state index is 13.2. The van der Waals surface area contributed by atoms with Gasteiger partial charge in [-0.3, -0.25) is 38.5 Å². The highest BCUT2D eigenvalue weighted by Crippen LogP contribution is 2.56. The highest BCUT2D eigenvalue weighted by atomic mass is 16.6. The first-order valence-electron chi connectivity index (χ1n) is 22.2. The van der Waals surface area contributed by atoms with Gasteiger partial charge in [0.1, 0.15) is 0 Å². The van der Waals surface area contributed by atoms with Crippen LogP contribution in [0.5, 0.6) is 0 Å². The second kappa shape index (κ2) is 17.9. The average molecular weight is 901 g/mol. The second-order valence-corrected chi connectivity index (χ2v) is 18.1. The van der Waals surface area contributed by atoms with E-state index in [2.05, 4.69) is 44.2 Å². The van der Waals surface area contributed by atoms with Crippen LogP contribution in [0, 0.1) is 47.3 Å². The Morgan fingerprint density at radius 2 is 1.10 bits per heavy atom. The number of carboxylic acids is 1. The molecule has 5 N–H and O–H groups in total. The summed E-state index contributed by atoms with van der Waals surface area (Å²) in [7, 11) is 0. The predicted octanol–water partition coefficient (Wildman–Crippen LogP) is 6.30. The smallest absolute Gasteiger partial charge is 0.318 e.